The molecule has 3 aliphatic heterocycles. The molecule has 3 saturated heterocycles. The molecule has 0 atom stereocenters. The van der Waals surface area contributed by atoms with Gasteiger partial charge in [0.25, 0.3) is 0 Å². The molecular weight excluding hydrogens is 350 g/mol. The van der Waals surface area contributed by atoms with Crippen molar-refractivity contribution in [2.45, 2.75) is 46.0 Å². The molecule has 0 aromatic carbocycles. The first-order chi connectivity index (χ1) is 12.0. The fraction of sp³-hybridized carbons (Fsp3) is 0.895. The molecule has 2 bridgehead atoms. The van der Waals surface area contributed by atoms with Gasteiger partial charge >= 0.3 is 0 Å². The molecule has 0 aromatic heterocycles. The summed E-state index contributed by atoms with van der Waals surface area (Å²) in [6.07, 6.45) is 6.14. The minimum atomic E-state index is 0.369. The second-order valence-corrected chi connectivity index (χ2v) is 10.2. The number of nitrogens with zero attached hydrogens (tertiary/aromatic N) is 3. The molecule has 0 radical (unpaired) electrons. The lowest BCUT2D eigenvalue weighted by Crippen LogP contribution is -2.74. The van der Waals surface area contributed by atoms with Crippen LogP contribution in [0.25, 0.3) is 0 Å². The molecule has 0 amide bonds. The van der Waals surface area contributed by atoms with Crippen molar-refractivity contribution in [2.75, 3.05) is 58.9 Å². The summed E-state index contributed by atoms with van der Waals surface area (Å²) in [5.74, 6) is 0.932. The van der Waals surface area contributed by atoms with Gasteiger partial charge in [0.05, 0.1) is 0 Å². The van der Waals surface area contributed by atoms with Gasteiger partial charge < -0.3 is 9.38 Å². The Kier molecular flexibility index (Phi) is 6.45. The van der Waals surface area contributed by atoms with E-state index in [9.17, 15) is 4.79 Å². The first-order valence-electron chi connectivity index (χ1n) is 10.2. The molecule has 0 N–H and O–H groups in total. The molecule has 4 rings (SSSR count). The summed E-state index contributed by atoms with van der Waals surface area (Å²) in [6.45, 7) is 14.2. The van der Waals surface area contributed by atoms with Crippen molar-refractivity contribution < 1.29 is 13.2 Å². The van der Waals surface area contributed by atoms with Gasteiger partial charge in [-0.15, -0.1) is 0 Å². The molecule has 1 saturated carbocycles. The maximum absolute atomic E-state index is 12.8. The summed E-state index contributed by atoms with van der Waals surface area (Å²) in [4.78, 5) is 15.1. The van der Waals surface area contributed by atoms with Crippen LogP contribution in [0.1, 0.15) is 46.0 Å². The molecule has 0 unspecified atom stereocenters. The molecule has 3 heterocycles. The molecule has 4 fully saturated rings. The summed E-state index contributed by atoms with van der Waals surface area (Å²) in [5, 5.41) is 0. The van der Waals surface area contributed by atoms with Crippen LogP contribution < -0.4 is 0 Å². The number of fused-ring (bicyclic) bond motifs is 3. The third-order valence-corrected chi connectivity index (χ3v) is 8.62. The fourth-order valence-corrected chi connectivity index (χ4v) is 6.77. The smallest absolute Gasteiger partial charge is 0.195 e. The topological polar surface area (TPSA) is 20.3 Å². The van der Waals surface area contributed by atoms with Gasteiger partial charge in [-0.3, -0.25) is 4.79 Å². The molecule has 142 valence electrons. The van der Waals surface area contributed by atoms with Gasteiger partial charge in [0, 0.05) is 19.0 Å². The Balaban J connectivity index is 1.55. The molecule has 0 spiro atoms. The number of carbonyl (C=O) groups excluding carboxylic acids is 1. The second kappa shape index (κ2) is 8.24. The van der Waals surface area contributed by atoms with E-state index in [2.05, 4.69) is 18.7 Å². The molecule has 0 aromatic rings. The van der Waals surface area contributed by atoms with E-state index < -0.39 is 0 Å². The van der Waals surface area contributed by atoms with E-state index in [1.165, 1.54) is 38.9 Å². The molecule has 25 heavy (non-hydrogen) atoms. The summed E-state index contributed by atoms with van der Waals surface area (Å²) in [7, 11) is 0. The van der Waals surface area contributed by atoms with Gasteiger partial charge in [-0.1, -0.05) is 19.3 Å². The minimum Gasteiger partial charge on any atom is -0.354 e. The number of thiocarbonyl (C=S) groups is 1. The molecule has 1 aliphatic carbocycles. The van der Waals surface area contributed by atoms with E-state index in [0.717, 1.165) is 64.8 Å². The largest absolute Gasteiger partial charge is 0.354 e. The predicted molar refractivity (Wildman–Crippen MR) is 109 cm³/mol. The summed E-state index contributed by atoms with van der Waals surface area (Å²) >= 11 is 7.62. The highest BCUT2D eigenvalue weighted by atomic mass is 32.2. The van der Waals surface area contributed by atoms with Crippen LogP contribution in [0.3, 0.4) is 0 Å². The summed E-state index contributed by atoms with van der Waals surface area (Å²) in [6, 6.07) is 0. The predicted octanol–water partition coefficient (Wildman–Crippen LogP) is 3.07. The average Bonchev–Trinajstić information content (AvgIpc) is 2.65. The highest BCUT2D eigenvalue weighted by molar-refractivity contribution is 8.19. The molecule has 6 heteroatoms. The van der Waals surface area contributed by atoms with E-state index in [0.29, 0.717) is 11.7 Å². The van der Waals surface area contributed by atoms with Crippen molar-refractivity contribution in [3.05, 3.63) is 0 Å². The van der Waals surface area contributed by atoms with Crippen LogP contribution in [0.2, 0.25) is 0 Å². The Labute approximate surface area is 163 Å². The van der Waals surface area contributed by atoms with Crippen LogP contribution in [0, 0.1) is 5.92 Å². The SMILES string of the molecule is CCN(CC)C(=S)S[N+]12CC[N+](CC(=O)C3CCCCC3)(CC1)CC2. The Bertz CT molecular complexity index is 476. The van der Waals surface area contributed by atoms with E-state index in [-0.39, 0.29) is 0 Å². The normalized spacial score (nSPS) is 32.6. The zero-order chi connectivity index (χ0) is 17.9. The van der Waals surface area contributed by atoms with Crippen LogP contribution in [0.4, 0.5) is 0 Å². The monoisotopic (exact) mass is 385 g/mol. The number of ketones is 1. The number of carbonyl (C=O) groups is 1. The quantitative estimate of drug-likeness (QED) is 0.398. The van der Waals surface area contributed by atoms with E-state index in [1.54, 1.807) is 0 Å². The van der Waals surface area contributed by atoms with Crippen molar-refractivity contribution in [1.82, 2.24) is 4.90 Å². The first-order valence-corrected chi connectivity index (χ1v) is 11.4. The van der Waals surface area contributed by atoms with Crippen molar-refractivity contribution in [3.63, 3.8) is 0 Å². The van der Waals surface area contributed by atoms with E-state index in [4.69, 9.17) is 12.2 Å². The number of hydrogen-bond donors (Lipinski definition) is 0. The fourth-order valence-electron chi connectivity index (χ4n) is 4.82. The van der Waals surface area contributed by atoms with Gasteiger partial charge in [0.2, 0.25) is 0 Å². The van der Waals surface area contributed by atoms with Crippen molar-refractivity contribution >= 4 is 34.3 Å². The van der Waals surface area contributed by atoms with Crippen LogP contribution in [-0.2, 0) is 4.79 Å². The van der Waals surface area contributed by atoms with E-state index >= 15 is 0 Å². The number of hydrogen-bond acceptors (Lipinski definition) is 3. The highest BCUT2D eigenvalue weighted by Gasteiger charge is 2.52. The van der Waals surface area contributed by atoms with Crippen LogP contribution >= 0.6 is 24.2 Å². The van der Waals surface area contributed by atoms with Gasteiger partial charge in [-0.05, 0) is 38.9 Å². The third-order valence-electron chi connectivity index (χ3n) is 6.79. The summed E-state index contributed by atoms with van der Waals surface area (Å²) < 4.78 is 3.21. The number of quaternary nitrogens is 2. The highest BCUT2D eigenvalue weighted by Crippen LogP contribution is 2.36. The lowest BCUT2D eigenvalue weighted by molar-refractivity contribution is -1.03. The second-order valence-electron chi connectivity index (χ2n) is 8.23. The van der Waals surface area contributed by atoms with Gasteiger partial charge in [-0.2, -0.15) is 0 Å². The van der Waals surface area contributed by atoms with Crippen LogP contribution in [0.15, 0.2) is 0 Å². The number of Topliss-reactive ketones (excluding diaryl/α,β-unsaturated/α-hetero) is 1. The number of rotatable bonds is 6. The maximum atomic E-state index is 12.8. The van der Waals surface area contributed by atoms with E-state index in [1.807, 2.05) is 11.9 Å². The van der Waals surface area contributed by atoms with Gasteiger partial charge in [0.1, 0.15) is 57.8 Å². The Morgan fingerprint density at radius 2 is 1.56 bits per heavy atom. The first kappa shape index (κ1) is 19.6. The van der Waals surface area contributed by atoms with Crippen molar-refractivity contribution in [2.24, 2.45) is 5.92 Å². The lowest BCUT2D eigenvalue weighted by atomic mass is 9.85. The lowest BCUT2D eigenvalue weighted by Gasteiger charge is -2.54. The maximum Gasteiger partial charge on any atom is 0.195 e. The van der Waals surface area contributed by atoms with Gasteiger partial charge in [0.15, 0.2) is 10.1 Å². The van der Waals surface area contributed by atoms with Crippen molar-refractivity contribution in [3.8, 4) is 0 Å². The Morgan fingerprint density at radius 3 is 2.08 bits per heavy atom. The molecule has 4 nitrogen and oxygen atoms in total. The standard InChI is InChI=1S/C19H35N3OS2/c1-3-20(4-2)19(24)25-22-13-10-21(11-14-22,12-15-22)16-18(23)17-8-6-5-7-9-17/h17H,3-16H2,1-2H3/q+2. The third kappa shape index (κ3) is 4.40. The van der Waals surface area contributed by atoms with Crippen molar-refractivity contribution in [1.29, 1.82) is 0 Å². The minimum absolute atomic E-state index is 0.369. The van der Waals surface area contributed by atoms with Gasteiger partial charge in [-0.25, -0.2) is 3.89 Å². The van der Waals surface area contributed by atoms with Crippen LogP contribution in [0.5, 0.6) is 0 Å². The zero-order valence-corrected chi connectivity index (χ0v) is 17.7. The van der Waals surface area contributed by atoms with Crippen LogP contribution in [-0.4, -0.2) is 82.3 Å². The molecule has 4 aliphatic rings. The Hall–Kier alpha value is -0.170. The molecular formula is C19H35N3OS2+2. The number of piperazine rings is 3. The zero-order valence-electron chi connectivity index (χ0n) is 16.0. The summed E-state index contributed by atoms with van der Waals surface area (Å²) in [5.41, 5.74) is 0. The average molecular weight is 386 g/mol. The Morgan fingerprint density at radius 1 is 1.00 bits per heavy atom.